The van der Waals surface area contributed by atoms with E-state index in [2.05, 4.69) is 20.8 Å². The van der Waals surface area contributed by atoms with Crippen molar-refractivity contribution in [3.8, 4) is 5.75 Å². The third-order valence-corrected chi connectivity index (χ3v) is 4.73. The van der Waals surface area contributed by atoms with Gasteiger partial charge >= 0.3 is 0 Å². The predicted octanol–water partition coefficient (Wildman–Crippen LogP) is 3.47. The van der Waals surface area contributed by atoms with Crippen LogP contribution in [0.25, 0.3) is 0 Å². The molecule has 0 bridgehead atoms. The highest BCUT2D eigenvalue weighted by atomic mass is 32.1. The molecule has 9 heteroatoms. The molecule has 0 aliphatic heterocycles. The van der Waals surface area contributed by atoms with Gasteiger partial charge in [0.1, 0.15) is 5.75 Å². The number of carbonyl (C=O) groups is 2. The molecule has 0 spiro atoms. The molecule has 2 amide bonds. The van der Waals surface area contributed by atoms with Crippen LogP contribution in [0.5, 0.6) is 5.75 Å². The summed E-state index contributed by atoms with van der Waals surface area (Å²) in [6.45, 7) is -0.143. The summed E-state index contributed by atoms with van der Waals surface area (Å²) >= 11 is 6.12. The topological polar surface area (TPSA) is 96.1 Å². The van der Waals surface area contributed by atoms with Crippen LogP contribution in [0.4, 0.5) is 5.13 Å². The molecule has 2 aromatic carbocycles. The van der Waals surface area contributed by atoms with Gasteiger partial charge in [-0.25, -0.2) is 0 Å². The van der Waals surface area contributed by atoms with Crippen LogP contribution in [0, 0.1) is 3.95 Å². The van der Waals surface area contributed by atoms with E-state index < -0.39 is 6.04 Å². The van der Waals surface area contributed by atoms with Gasteiger partial charge in [-0.3, -0.25) is 14.7 Å². The largest absolute Gasteiger partial charge is 0.484 e. The second-order valence-corrected chi connectivity index (χ2v) is 7.47. The first-order valence-corrected chi connectivity index (χ1v) is 9.70. The Bertz CT molecular complexity index is 973. The molecular weight excluding hydrogens is 396 g/mol. The van der Waals surface area contributed by atoms with Crippen molar-refractivity contribution in [2.75, 3.05) is 11.9 Å². The van der Waals surface area contributed by atoms with Crippen LogP contribution < -0.4 is 15.4 Å². The molecule has 0 aliphatic carbocycles. The number of nitrogens with zero attached hydrogens (tertiary/aromatic N) is 1. The Morgan fingerprint density at radius 3 is 2.39 bits per heavy atom. The van der Waals surface area contributed by atoms with E-state index in [-0.39, 0.29) is 24.8 Å². The second-order valence-electron chi connectivity index (χ2n) is 5.80. The highest BCUT2D eigenvalue weighted by Gasteiger charge is 2.19. The van der Waals surface area contributed by atoms with Gasteiger partial charge in [0.05, 0.1) is 12.5 Å². The van der Waals surface area contributed by atoms with Gasteiger partial charge in [-0.1, -0.05) is 59.9 Å². The lowest BCUT2D eigenvalue weighted by Crippen LogP contribution is -2.34. The zero-order chi connectivity index (χ0) is 19.8. The molecule has 3 N–H and O–H groups in total. The molecule has 1 atom stereocenters. The number of nitrogens with one attached hydrogen (secondary N) is 3. The van der Waals surface area contributed by atoms with E-state index in [1.54, 1.807) is 12.1 Å². The Balaban J connectivity index is 1.62. The monoisotopic (exact) mass is 414 g/mol. The molecule has 0 saturated carbocycles. The number of carbonyl (C=O) groups excluding carboxylic acids is 2. The van der Waals surface area contributed by atoms with Gasteiger partial charge in [0.15, 0.2) is 10.6 Å². The summed E-state index contributed by atoms with van der Waals surface area (Å²) in [5.74, 6) is 0.00297. The summed E-state index contributed by atoms with van der Waals surface area (Å²) in [6, 6.07) is 17.9. The zero-order valence-electron chi connectivity index (χ0n) is 14.8. The molecule has 7 nitrogen and oxygen atoms in total. The van der Waals surface area contributed by atoms with Crippen molar-refractivity contribution in [3.05, 3.63) is 70.2 Å². The van der Waals surface area contributed by atoms with Crippen molar-refractivity contribution in [2.45, 2.75) is 12.5 Å². The van der Waals surface area contributed by atoms with Gasteiger partial charge in [0, 0.05) is 0 Å². The normalized spacial score (nSPS) is 11.4. The first-order valence-electron chi connectivity index (χ1n) is 8.47. The van der Waals surface area contributed by atoms with Crippen LogP contribution in [0.2, 0.25) is 0 Å². The van der Waals surface area contributed by atoms with Crippen LogP contribution in [0.15, 0.2) is 60.7 Å². The van der Waals surface area contributed by atoms with Gasteiger partial charge in [-0.15, -0.1) is 5.10 Å². The minimum Gasteiger partial charge on any atom is -0.484 e. The molecule has 0 saturated heterocycles. The molecule has 3 rings (SSSR count). The number of rotatable bonds is 8. The standard InChI is InChI=1S/C19H18N4O3S2/c24-16(21-18-22-23-19(27)28-18)11-15(13-7-3-1-4-8-13)20-17(25)12-26-14-9-5-2-6-10-14/h1-10,15H,11-12H2,(H,20,25)(H,23,27)(H,21,22,24). The number of hydrogen-bond donors (Lipinski definition) is 3. The van der Waals surface area contributed by atoms with Crippen molar-refractivity contribution in [1.82, 2.24) is 15.5 Å². The van der Waals surface area contributed by atoms with E-state index in [0.29, 0.717) is 14.8 Å². The highest BCUT2D eigenvalue weighted by Crippen LogP contribution is 2.19. The molecule has 1 heterocycles. The number of amides is 2. The summed E-state index contributed by atoms with van der Waals surface area (Å²) in [7, 11) is 0. The van der Waals surface area contributed by atoms with Crippen molar-refractivity contribution >= 4 is 40.5 Å². The number of para-hydroxylation sites is 1. The maximum absolute atomic E-state index is 12.4. The van der Waals surface area contributed by atoms with Crippen molar-refractivity contribution in [2.24, 2.45) is 0 Å². The first kappa shape index (κ1) is 19.7. The fourth-order valence-corrected chi connectivity index (χ4v) is 3.28. The summed E-state index contributed by atoms with van der Waals surface area (Å²) in [5.41, 5.74) is 0.820. The van der Waals surface area contributed by atoms with Crippen LogP contribution >= 0.6 is 23.6 Å². The summed E-state index contributed by atoms with van der Waals surface area (Å²) in [6.07, 6.45) is 0.0490. The maximum atomic E-state index is 12.4. The zero-order valence-corrected chi connectivity index (χ0v) is 16.4. The molecular formula is C19H18N4O3S2. The number of aromatic nitrogens is 2. The van der Waals surface area contributed by atoms with Gasteiger partial charge in [-0.05, 0) is 29.9 Å². The van der Waals surface area contributed by atoms with Crippen LogP contribution in [0.1, 0.15) is 18.0 Å². The number of ether oxygens (including phenoxy) is 1. The van der Waals surface area contributed by atoms with Crippen molar-refractivity contribution in [1.29, 1.82) is 0 Å². The summed E-state index contributed by atoms with van der Waals surface area (Å²) < 4.78 is 5.94. The maximum Gasteiger partial charge on any atom is 0.258 e. The molecule has 144 valence electrons. The molecule has 0 radical (unpaired) electrons. The fourth-order valence-electron chi connectivity index (χ4n) is 2.48. The Kier molecular flexibility index (Phi) is 6.88. The SMILES string of the molecule is O=C(CC(NC(=O)COc1ccccc1)c1ccccc1)Nc1n[nH]c(=S)s1. The van der Waals surface area contributed by atoms with Gasteiger partial charge < -0.3 is 15.4 Å². The first-order chi connectivity index (χ1) is 13.6. The van der Waals surface area contributed by atoms with E-state index >= 15 is 0 Å². The average Bonchev–Trinajstić information content (AvgIpc) is 3.12. The Labute approximate surface area is 170 Å². The van der Waals surface area contributed by atoms with Crippen LogP contribution in [0.3, 0.4) is 0 Å². The molecule has 1 unspecified atom stereocenters. The quantitative estimate of drug-likeness (QED) is 0.491. The lowest BCUT2D eigenvalue weighted by Gasteiger charge is -2.19. The third-order valence-electron chi connectivity index (χ3n) is 3.72. The predicted molar refractivity (Wildman–Crippen MR) is 110 cm³/mol. The number of hydrogen-bond acceptors (Lipinski definition) is 6. The summed E-state index contributed by atoms with van der Waals surface area (Å²) in [5, 5.41) is 12.4. The minimum absolute atomic E-state index is 0.0490. The molecule has 0 fully saturated rings. The minimum atomic E-state index is -0.500. The fraction of sp³-hybridized carbons (Fsp3) is 0.158. The molecule has 28 heavy (non-hydrogen) atoms. The van der Waals surface area contributed by atoms with Gasteiger partial charge in [0.25, 0.3) is 5.91 Å². The lowest BCUT2D eigenvalue weighted by molar-refractivity contribution is -0.124. The Morgan fingerprint density at radius 1 is 1.07 bits per heavy atom. The average molecular weight is 415 g/mol. The number of benzene rings is 2. The molecule has 3 aromatic rings. The third kappa shape index (κ3) is 6.00. The van der Waals surface area contributed by atoms with Crippen molar-refractivity contribution < 1.29 is 14.3 Å². The van der Waals surface area contributed by atoms with Crippen molar-refractivity contribution in [3.63, 3.8) is 0 Å². The smallest absolute Gasteiger partial charge is 0.258 e. The van der Waals surface area contributed by atoms with Gasteiger partial charge in [-0.2, -0.15) is 0 Å². The van der Waals surface area contributed by atoms with E-state index in [1.807, 2.05) is 48.5 Å². The number of H-pyrrole nitrogens is 1. The summed E-state index contributed by atoms with van der Waals surface area (Å²) in [4.78, 5) is 24.7. The second kappa shape index (κ2) is 9.77. The number of anilines is 1. The van der Waals surface area contributed by atoms with E-state index in [0.717, 1.165) is 5.56 Å². The Morgan fingerprint density at radius 2 is 1.75 bits per heavy atom. The van der Waals surface area contributed by atoms with E-state index in [4.69, 9.17) is 17.0 Å². The highest BCUT2D eigenvalue weighted by molar-refractivity contribution is 7.73. The van der Waals surface area contributed by atoms with Crippen LogP contribution in [-0.4, -0.2) is 28.6 Å². The molecule has 0 aliphatic rings. The van der Waals surface area contributed by atoms with Gasteiger partial charge in [0.2, 0.25) is 11.0 Å². The Hall–Kier alpha value is -3.04. The van der Waals surface area contributed by atoms with E-state index in [1.165, 1.54) is 11.3 Å². The van der Waals surface area contributed by atoms with E-state index in [9.17, 15) is 9.59 Å². The van der Waals surface area contributed by atoms with Crippen LogP contribution in [-0.2, 0) is 9.59 Å². The molecule has 1 aromatic heterocycles. The lowest BCUT2D eigenvalue weighted by atomic mass is 10.0. The number of aromatic amines is 1.